The van der Waals surface area contributed by atoms with Crippen molar-refractivity contribution in [2.24, 2.45) is 5.11 Å². The second-order valence-corrected chi connectivity index (χ2v) is 2.99. The summed E-state index contributed by atoms with van der Waals surface area (Å²) in [5, 5.41) is 3.38. The van der Waals surface area contributed by atoms with Gasteiger partial charge in [-0.3, -0.25) is 0 Å². The lowest BCUT2D eigenvalue weighted by Gasteiger charge is -2.05. The number of hydrogen-bond donors (Lipinski definition) is 0. The van der Waals surface area contributed by atoms with E-state index in [0.717, 1.165) is 18.2 Å². The number of hydrogen-bond acceptors (Lipinski definition) is 1. The van der Waals surface area contributed by atoms with Crippen molar-refractivity contribution >= 4 is 0 Å². The van der Waals surface area contributed by atoms with Crippen molar-refractivity contribution in [1.82, 2.24) is 0 Å². The van der Waals surface area contributed by atoms with E-state index in [1.54, 1.807) is 6.92 Å². The molecule has 1 aromatic carbocycles. The third kappa shape index (κ3) is 2.71. The van der Waals surface area contributed by atoms with Crippen LogP contribution in [-0.4, -0.2) is 6.04 Å². The van der Waals surface area contributed by atoms with E-state index in [1.165, 1.54) is 0 Å². The Morgan fingerprint density at radius 2 is 2.21 bits per heavy atom. The molecule has 0 heterocycles. The molecule has 1 atom stereocenters. The van der Waals surface area contributed by atoms with Gasteiger partial charge < -0.3 is 0 Å². The van der Waals surface area contributed by atoms with Crippen LogP contribution in [-0.2, 0) is 6.42 Å². The molecule has 0 radical (unpaired) electrons. The fourth-order valence-electron chi connectivity index (χ4n) is 1.15. The van der Waals surface area contributed by atoms with Crippen LogP contribution in [0.1, 0.15) is 12.5 Å². The van der Waals surface area contributed by atoms with Crippen LogP contribution in [0.15, 0.2) is 23.3 Å². The Kier molecular flexibility index (Phi) is 3.42. The second kappa shape index (κ2) is 4.58. The molecule has 0 spiro atoms. The van der Waals surface area contributed by atoms with Crippen molar-refractivity contribution in [3.63, 3.8) is 0 Å². The van der Waals surface area contributed by atoms with Gasteiger partial charge in [-0.25, -0.2) is 8.78 Å². The molecule has 3 nitrogen and oxygen atoms in total. The molecule has 0 saturated carbocycles. The van der Waals surface area contributed by atoms with E-state index in [1.807, 2.05) is 0 Å². The lowest BCUT2D eigenvalue weighted by atomic mass is 10.1. The number of halogens is 2. The first-order chi connectivity index (χ1) is 6.63. The van der Waals surface area contributed by atoms with Crippen LogP contribution in [0.3, 0.4) is 0 Å². The lowest BCUT2D eigenvalue weighted by Crippen LogP contribution is -2.04. The van der Waals surface area contributed by atoms with Crippen LogP contribution in [0.25, 0.3) is 10.4 Å². The predicted molar refractivity (Wildman–Crippen MR) is 48.7 cm³/mol. The van der Waals surface area contributed by atoms with Crippen LogP contribution >= 0.6 is 0 Å². The fourth-order valence-corrected chi connectivity index (χ4v) is 1.15. The Morgan fingerprint density at radius 3 is 2.86 bits per heavy atom. The van der Waals surface area contributed by atoms with Crippen LogP contribution in [0.4, 0.5) is 8.78 Å². The van der Waals surface area contributed by atoms with E-state index >= 15 is 0 Å². The van der Waals surface area contributed by atoms with Gasteiger partial charge >= 0.3 is 0 Å². The molecule has 0 fully saturated rings. The van der Waals surface area contributed by atoms with Gasteiger partial charge in [-0.15, -0.1) is 0 Å². The molecular formula is C9H9F2N3. The maximum absolute atomic E-state index is 13.1. The summed E-state index contributed by atoms with van der Waals surface area (Å²) < 4.78 is 25.8. The highest BCUT2D eigenvalue weighted by atomic mass is 19.1. The maximum Gasteiger partial charge on any atom is 0.126 e. The van der Waals surface area contributed by atoms with Gasteiger partial charge in [-0.2, -0.15) is 0 Å². The summed E-state index contributed by atoms with van der Waals surface area (Å²) in [5.74, 6) is -0.971. The van der Waals surface area contributed by atoms with E-state index < -0.39 is 11.6 Å². The first kappa shape index (κ1) is 10.5. The molecule has 0 unspecified atom stereocenters. The largest absolute Gasteiger partial charge is 0.207 e. The van der Waals surface area contributed by atoms with E-state index in [0.29, 0.717) is 0 Å². The zero-order valence-corrected chi connectivity index (χ0v) is 7.61. The summed E-state index contributed by atoms with van der Waals surface area (Å²) in [6, 6.07) is 2.85. The third-order valence-electron chi connectivity index (χ3n) is 1.77. The van der Waals surface area contributed by atoms with Crippen molar-refractivity contribution in [2.45, 2.75) is 19.4 Å². The Bertz CT molecular complexity index is 372. The standard InChI is InChI=1S/C9H9F2N3/c1-6(13-14-12)4-7-5-8(10)2-3-9(7)11/h2-3,5-6H,4H2,1H3/t6-/m0/s1. The topological polar surface area (TPSA) is 48.8 Å². The van der Waals surface area contributed by atoms with Crippen molar-refractivity contribution in [3.8, 4) is 0 Å². The Morgan fingerprint density at radius 1 is 1.50 bits per heavy atom. The monoisotopic (exact) mass is 197 g/mol. The molecule has 0 saturated heterocycles. The minimum Gasteiger partial charge on any atom is -0.207 e. The molecule has 0 aliphatic heterocycles. The SMILES string of the molecule is C[C@@H](Cc1cc(F)ccc1F)N=[N+]=[N-]. The van der Waals surface area contributed by atoms with Gasteiger partial charge in [0, 0.05) is 11.0 Å². The second-order valence-electron chi connectivity index (χ2n) is 2.99. The fraction of sp³-hybridized carbons (Fsp3) is 0.333. The number of azide groups is 1. The summed E-state index contributed by atoms with van der Waals surface area (Å²) in [7, 11) is 0. The molecular weight excluding hydrogens is 188 g/mol. The van der Waals surface area contributed by atoms with Crippen LogP contribution < -0.4 is 0 Å². The number of rotatable bonds is 3. The molecule has 0 N–H and O–H groups in total. The van der Waals surface area contributed by atoms with Crippen molar-refractivity contribution < 1.29 is 8.78 Å². The zero-order chi connectivity index (χ0) is 10.6. The first-order valence-corrected chi connectivity index (χ1v) is 4.11. The summed E-state index contributed by atoms with van der Waals surface area (Å²) in [6.45, 7) is 1.64. The highest BCUT2D eigenvalue weighted by Crippen LogP contribution is 2.12. The Balaban J connectivity index is 2.85. The van der Waals surface area contributed by atoms with E-state index in [9.17, 15) is 8.78 Å². The molecule has 0 bridgehead atoms. The molecule has 0 amide bonds. The molecule has 0 aromatic heterocycles. The van der Waals surface area contributed by atoms with Crippen molar-refractivity contribution in [3.05, 3.63) is 45.8 Å². The smallest absolute Gasteiger partial charge is 0.126 e. The molecule has 0 aliphatic rings. The molecule has 1 aromatic rings. The Labute approximate surface area is 80.0 Å². The van der Waals surface area contributed by atoms with Crippen molar-refractivity contribution in [1.29, 1.82) is 0 Å². The predicted octanol–water partition coefficient (Wildman–Crippen LogP) is 3.21. The number of nitrogens with zero attached hydrogens (tertiary/aromatic N) is 3. The highest BCUT2D eigenvalue weighted by molar-refractivity contribution is 5.19. The molecule has 1 rings (SSSR count). The molecule has 74 valence electrons. The van der Waals surface area contributed by atoms with Gasteiger partial charge in [-0.1, -0.05) is 12.0 Å². The average Bonchev–Trinajstić information content (AvgIpc) is 2.12. The molecule has 14 heavy (non-hydrogen) atoms. The van der Waals surface area contributed by atoms with Crippen LogP contribution in [0, 0.1) is 11.6 Å². The van der Waals surface area contributed by atoms with E-state index in [-0.39, 0.29) is 18.0 Å². The quantitative estimate of drug-likeness (QED) is 0.406. The third-order valence-corrected chi connectivity index (χ3v) is 1.77. The van der Waals surface area contributed by atoms with Gasteiger partial charge in [0.25, 0.3) is 0 Å². The van der Waals surface area contributed by atoms with E-state index in [4.69, 9.17) is 5.53 Å². The normalized spacial score (nSPS) is 11.9. The lowest BCUT2D eigenvalue weighted by molar-refractivity contribution is 0.574. The first-order valence-electron chi connectivity index (χ1n) is 4.11. The van der Waals surface area contributed by atoms with Gasteiger partial charge in [0.15, 0.2) is 0 Å². The van der Waals surface area contributed by atoms with Gasteiger partial charge in [0.2, 0.25) is 0 Å². The summed E-state index contributed by atoms with van der Waals surface area (Å²) in [4.78, 5) is 2.59. The number of benzene rings is 1. The maximum atomic E-state index is 13.1. The minimum absolute atomic E-state index is 0.202. The van der Waals surface area contributed by atoms with Crippen LogP contribution in [0.2, 0.25) is 0 Å². The molecule has 5 heteroatoms. The van der Waals surface area contributed by atoms with Gasteiger partial charge in [0.1, 0.15) is 11.6 Å². The van der Waals surface area contributed by atoms with E-state index in [2.05, 4.69) is 10.0 Å². The Hall–Kier alpha value is -1.61. The summed E-state index contributed by atoms with van der Waals surface area (Å²) in [6.07, 6.45) is 0.202. The zero-order valence-electron chi connectivity index (χ0n) is 7.61. The minimum atomic E-state index is -0.491. The van der Waals surface area contributed by atoms with Gasteiger partial charge in [0.05, 0.1) is 0 Å². The highest BCUT2D eigenvalue weighted by Gasteiger charge is 2.07. The summed E-state index contributed by atoms with van der Waals surface area (Å²) in [5.41, 5.74) is 8.36. The van der Waals surface area contributed by atoms with Crippen LogP contribution in [0.5, 0.6) is 0 Å². The average molecular weight is 197 g/mol. The molecule has 0 aliphatic carbocycles. The van der Waals surface area contributed by atoms with Gasteiger partial charge in [-0.05, 0) is 35.7 Å². The summed E-state index contributed by atoms with van der Waals surface area (Å²) >= 11 is 0. The van der Waals surface area contributed by atoms with Crippen molar-refractivity contribution in [2.75, 3.05) is 0 Å².